The first-order valence-corrected chi connectivity index (χ1v) is 10.6. The van der Waals surface area contributed by atoms with Gasteiger partial charge in [0.15, 0.2) is 11.0 Å². The lowest BCUT2D eigenvalue weighted by atomic mass is 10.1. The smallest absolute Gasteiger partial charge is 0.182 e. The largest absolute Gasteiger partial charge is 0.494 e. The zero-order valence-corrected chi connectivity index (χ0v) is 17.2. The molecule has 1 aliphatic heterocycles. The van der Waals surface area contributed by atoms with E-state index in [-0.39, 0.29) is 12.3 Å². The van der Waals surface area contributed by atoms with Crippen LogP contribution in [0.15, 0.2) is 53.5 Å². The summed E-state index contributed by atoms with van der Waals surface area (Å²) in [6.07, 6.45) is 1.06. The van der Waals surface area contributed by atoms with Gasteiger partial charge in [0.05, 0.1) is 25.4 Å². The monoisotopic (exact) mass is 398 g/mol. The number of anilines is 1. The van der Waals surface area contributed by atoms with Gasteiger partial charge in [-0.05, 0) is 56.7 Å². The fourth-order valence-electron chi connectivity index (χ4n) is 2.96. The number of hydrogen-bond donors (Lipinski definition) is 0. The summed E-state index contributed by atoms with van der Waals surface area (Å²) < 4.78 is 11.3. The molecular formula is C22H26N2O3S. The molecule has 0 saturated carbocycles. The molecule has 1 heterocycles. The minimum Gasteiger partial charge on any atom is -0.494 e. The third-order valence-corrected chi connectivity index (χ3v) is 5.36. The van der Waals surface area contributed by atoms with E-state index in [4.69, 9.17) is 9.47 Å². The van der Waals surface area contributed by atoms with E-state index in [0.717, 1.165) is 41.1 Å². The van der Waals surface area contributed by atoms with Crippen LogP contribution in [0.25, 0.3) is 0 Å². The maximum absolute atomic E-state index is 13.0. The maximum Gasteiger partial charge on any atom is 0.182 e. The number of rotatable bonds is 8. The average Bonchev–Trinajstić information content (AvgIpc) is 2.74. The summed E-state index contributed by atoms with van der Waals surface area (Å²) in [4.78, 5) is 19.7. The molecule has 0 aromatic heterocycles. The van der Waals surface area contributed by atoms with E-state index >= 15 is 0 Å². The van der Waals surface area contributed by atoms with Gasteiger partial charge in [0, 0.05) is 17.9 Å². The molecule has 28 heavy (non-hydrogen) atoms. The first kappa shape index (κ1) is 20.3. The number of benzene rings is 2. The Balaban J connectivity index is 1.87. The Morgan fingerprint density at radius 1 is 1.07 bits per heavy atom. The number of amidine groups is 1. The molecule has 2 aromatic carbocycles. The van der Waals surface area contributed by atoms with Crippen LogP contribution in [0.5, 0.6) is 11.5 Å². The Bertz CT molecular complexity index is 821. The first-order valence-electron chi connectivity index (χ1n) is 9.65. The number of nitrogens with zero attached hydrogens (tertiary/aromatic N) is 2. The summed E-state index contributed by atoms with van der Waals surface area (Å²) in [5, 5.41) is 0.873. The number of ketones is 1. The summed E-state index contributed by atoms with van der Waals surface area (Å²) in [5.74, 6) is 2.56. The Morgan fingerprint density at radius 2 is 1.82 bits per heavy atom. The van der Waals surface area contributed by atoms with E-state index in [0.29, 0.717) is 18.8 Å². The molecule has 0 saturated heterocycles. The normalized spacial score (nSPS) is 13.6. The SMILES string of the molecule is CCOc1ccc(C(=O)CN(C2=NCCCS2)c2ccccc2OCC)cc1. The summed E-state index contributed by atoms with van der Waals surface area (Å²) in [5.41, 5.74) is 1.53. The number of carbonyl (C=O) groups excluding carboxylic acids is 1. The molecular weight excluding hydrogens is 372 g/mol. The van der Waals surface area contributed by atoms with E-state index in [2.05, 4.69) is 4.99 Å². The second-order valence-electron chi connectivity index (χ2n) is 6.23. The van der Waals surface area contributed by atoms with E-state index in [1.54, 1.807) is 11.8 Å². The van der Waals surface area contributed by atoms with E-state index in [1.807, 2.05) is 67.3 Å². The first-order chi connectivity index (χ1) is 13.7. The third kappa shape index (κ3) is 5.07. The molecule has 0 unspecified atom stereocenters. The van der Waals surface area contributed by atoms with Crippen molar-refractivity contribution < 1.29 is 14.3 Å². The van der Waals surface area contributed by atoms with Crippen molar-refractivity contribution in [2.24, 2.45) is 4.99 Å². The van der Waals surface area contributed by atoms with Crippen LogP contribution in [0.1, 0.15) is 30.6 Å². The fraction of sp³-hybridized carbons (Fsp3) is 0.364. The fourth-order valence-corrected chi connectivity index (χ4v) is 3.92. The summed E-state index contributed by atoms with van der Waals surface area (Å²) in [7, 11) is 0. The van der Waals surface area contributed by atoms with Crippen molar-refractivity contribution in [1.82, 2.24) is 0 Å². The van der Waals surface area contributed by atoms with Gasteiger partial charge in [0.25, 0.3) is 0 Å². The van der Waals surface area contributed by atoms with Gasteiger partial charge in [-0.1, -0.05) is 23.9 Å². The third-order valence-electron chi connectivity index (χ3n) is 4.26. The number of hydrogen-bond acceptors (Lipinski definition) is 6. The van der Waals surface area contributed by atoms with Crippen LogP contribution in [0.4, 0.5) is 5.69 Å². The summed E-state index contributed by atoms with van der Waals surface area (Å²) in [6.45, 7) is 6.06. The number of Topliss-reactive ketones (excluding diaryl/α,β-unsaturated/α-hetero) is 1. The van der Waals surface area contributed by atoms with Crippen LogP contribution < -0.4 is 14.4 Å². The van der Waals surface area contributed by atoms with Crippen LogP contribution in [0.2, 0.25) is 0 Å². The van der Waals surface area contributed by atoms with Crippen LogP contribution in [-0.2, 0) is 0 Å². The second-order valence-corrected chi connectivity index (χ2v) is 7.30. The van der Waals surface area contributed by atoms with E-state index < -0.39 is 0 Å². The van der Waals surface area contributed by atoms with Gasteiger partial charge >= 0.3 is 0 Å². The van der Waals surface area contributed by atoms with Crippen molar-refractivity contribution >= 4 is 28.4 Å². The van der Waals surface area contributed by atoms with Crippen molar-refractivity contribution in [3.63, 3.8) is 0 Å². The lowest BCUT2D eigenvalue weighted by molar-refractivity contribution is 0.100. The molecule has 0 radical (unpaired) electrons. The van der Waals surface area contributed by atoms with Crippen LogP contribution >= 0.6 is 11.8 Å². The van der Waals surface area contributed by atoms with Gasteiger partial charge in [-0.2, -0.15) is 0 Å². The quantitative estimate of drug-likeness (QED) is 0.605. The number of ether oxygens (including phenoxy) is 2. The minimum absolute atomic E-state index is 0.0308. The second kappa shape index (κ2) is 10.2. The molecule has 0 atom stereocenters. The molecule has 0 fully saturated rings. The standard InChI is InChI=1S/C22H26N2O3S/c1-3-26-18-12-10-17(11-13-18)20(25)16-24(22-23-14-7-15-28-22)19-8-5-6-9-21(19)27-4-2/h5-6,8-13H,3-4,7,14-16H2,1-2H3. The topological polar surface area (TPSA) is 51.1 Å². The van der Waals surface area contributed by atoms with Crippen LogP contribution in [0.3, 0.4) is 0 Å². The van der Waals surface area contributed by atoms with Crippen molar-refractivity contribution in [3.8, 4) is 11.5 Å². The molecule has 0 spiro atoms. The Kier molecular flexibility index (Phi) is 7.37. The van der Waals surface area contributed by atoms with E-state index in [1.165, 1.54) is 0 Å². The molecule has 1 aliphatic rings. The van der Waals surface area contributed by atoms with Crippen molar-refractivity contribution in [1.29, 1.82) is 0 Å². The van der Waals surface area contributed by atoms with Gasteiger partial charge in [-0.25, -0.2) is 0 Å². The van der Waals surface area contributed by atoms with Crippen molar-refractivity contribution in [2.75, 3.05) is 37.0 Å². The molecule has 0 aliphatic carbocycles. The zero-order chi connectivity index (χ0) is 19.8. The molecule has 0 bridgehead atoms. The zero-order valence-electron chi connectivity index (χ0n) is 16.4. The van der Waals surface area contributed by atoms with Gasteiger partial charge in [-0.3, -0.25) is 9.79 Å². The van der Waals surface area contributed by atoms with E-state index in [9.17, 15) is 4.79 Å². The predicted molar refractivity (Wildman–Crippen MR) is 116 cm³/mol. The molecule has 6 heteroatoms. The number of thioether (sulfide) groups is 1. The van der Waals surface area contributed by atoms with Crippen LogP contribution in [-0.4, -0.2) is 43.0 Å². The number of carbonyl (C=O) groups is 1. The highest BCUT2D eigenvalue weighted by Crippen LogP contribution is 2.31. The molecule has 5 nitrogen and oxygen atoms in total. The lowest BCUT2D eigenvalue weighted by Crippen LogP contribution is -2.36. The Hall–Kier alpha value is -2.47. The van der Waals surface area contributed by atoms with Gasteiger partial charge < -0.3 is 14.4 Å². The lowest BCUT2D eigenvalue weighted by Gasteiger charge is -2.28. The van der Waals surface area contributed by atoms with Crippen LogP contribution in [0, 0.1) is 0 Å². The minimum atomic E-state index is 0.0308. The van der Waals surface area contributed by atoms with Gasteiger partial charge in [-0.15, -0.1) is 0 Å². The summed E-state index contributed by atoms with van der Waals surface area (Å²) >= 11 is 1.69. The Morgan fingerprint density at radius 3 is 2.50 bits per heavy atom. The number of para-hydroxylation sites is 2. The molecule has 3 rings (SSSR count). The molecule has 0 amide bonds. The Labute approximate surface area is 170 Å². The maximum atomic E-state index is 13.0. The predicted octanol–water partition coefficient (Wildman–Crippen LogP) is 4.67. The number of aliphatic imine (C=N–C) groups is 1. The van der Waals surface area contributed by atoms with Gasteiger partial charge in [0.2, 0.25) is 0 Å². The van der Waals surface area contributed by atoms with Crippen molar-refractivity contribution in [2.45, 2.75) is 20.3 Å². The highest BCUT2D eigenvalue weighted by atomic mass is 32.2. The highest BCUT2D eigenvalue weighted by Gasteiger charge is 2.23. The highest BCUT2D eigenvalue weighted by molar-refractivity contribution is 8.14. The van der Waals surface area contributed by atoms with Crippen molar-refractivity contribution in [3.05, 3.63) is 54.1 Å². The average molecular weight is 399 g/mol. The molecule has 0 N–H and O–H groups in total. The molecule has 148 valence electrons. The molecule has 2 aromatic rings. The summed E-state index contributed by atoms with van der Waals surface area (Å²) in [6, 6.07) is 15.1. The van der Waals surface area contributed by atoms with Gasteiger partial charge in [0.1, 0.15) is 11.5 Å².